The van der Waals surface area contributed by atoms with E-state index in [2.05, 4.69) is 5.32 Å². The molecule has 1 fully saturated rings. The van der Waals surface area contributed by atoms with Crippen LogP contribution in [0.3, 0.4) is 0 Å². The zero-order valence-electron chi connectivity index (χ0n) is 14.5. The Kier molecular flexibility index (Phi) is 4.33. The maximum Gasteiger partial charge on any atom is 0.325 e. The first kappa shape index (κ1) is 17.8. The molecule has 0 saturated carbocycles. The van der Waals surface area contributed by atoms with Gasteiger partial charge in [0.2, 0.25) is 0 Å². The van der Waals surface area contributed by atoms with Gasteiger partial charge in [-0.15, -0.1) is 0 Å². The van der Waals surface area contributed by atoms with Crippen LogP contribution in [0.4, 0.5) is 4.79 Å². The third-order valence-corrected chi connectivity index (χ3v) is 5.50. The number of urea groups is 1. The van der Waals surface area contributed by atoms with Crippen molar-refractivity contribution in [2.45, 2.75) is 19.0 Å². The van der Waals surface area contributed by atoms with Gasteiger partial charge < -0.3 is 5.32 Å². The summed E-state index contributed by atoms with van der Waals surface area (Å²) in [7, 11) is 0. The zero-order valence-corrected chi connectivity index (χ0v) is 16.0. The van der Waals surface area contributed by atoms with Crippen molar-refractivity contribution in [3.63, 3.8) is 0 Å². The SMILES string of the molecule is C[C@@]1(c2ccc(Cl)cc2Cl)NC(=O)N(Cc2cccc3ccccc23)C1=O. The van der Waals surface area contributed by atoms with Crippen LogP contribution in [-0.4, -0.2) is 16.8 Å². The molecule has 0 aliphatic carbocycles. The summed E-state index contributed by atoms with van der Waals surface area (Å²) in [6.07, 6.45) is 0. The van der Waals surface area contributed by atoms with Crippen LogP contribution in [0.5, 0.6) is 0 Å². The fourth-order valence-corrected chi connectivity index (χ4v) is 4.12. The predicted molar refractivity (Wildman–Crippen MR) is 107 cm³/mol. The highest BCUT2D eigenvalue weighted by atomic mass is 35.5. The summed E-state index contributed by atoms with van der Waals surface area (Å²) in [5.41, 5.74) is 0.193. The van der Waals surface area contributed by atoms with Gasteiger partial charge in [0, 0.05) is 15.6 Å². The number of hydrogen-bond acceptors (Lipinski definition) is 2. The fraction of sp³-hybridized carbons (Fsp3) is 0.143. The molecule has 3 amide bonds. The molecule has 3 aromatic carbocycles. The van der Waals surface area contributed by atoms with Crippen LogP contribution >= 0.6 is 23.2 Å². The van der Waals surface area contributed by atoms with Crippen molar-refractivity contribution in [1.29, 1.82) is 0 Å². The number of fused-ring (bicyclic) bond motifs is 1. The first-order chi connectivity index (χ1) is 12.9. The highest BCUT2D eigenvalue weighted by molar-refractivity contribution is 6.35. The third-order valence-electron chi connectivity index (χ3n) is 4.95. The molecule has 27 heavy (non-hydrogen) atoms. The van der Waals surface area contributed by atoms with Crippen LogP contribution < -0.4 is 5.32 Å². The molecule has 136 valence electrons. The number of amides is 3. The van der Waals surface area contributed by atoms with Gasteiger partial charge in [0.15, 0.2) is 0 Å². The van der Waals surface area contributed by atoms with Gasteiger partial charge in [-0.25, -0.2) is 4.79 Å². The third kappa shape index (κ3) is 2.95. The lowest BCUT2D eigenvalue weighted by atomic mass is 9.92. The highest BCUT2D eigenvalue weighted by Crippen LogP contribution is 2.35. The first-order valence-corrected chi connectivity index (χ1v) is 9.22. The van der Waals surface area contributed by atoms with E-state index in [-0.39, 0.29) is 12.5 Å². The minimum atomic E-state index is -1.23. The molecule has 0 bridgehead atoms. The molecule has 1 aliphatic rings. The number of imide groups is 1. The predicted octanol–water partition coefficient (Wildman–Crippen LogP) is 5.11. The van der Waals surface area contributed by atoms with Gasteiger partial charge in [0.1, 0.15) is 5.54 Å². The van der Waals surface area contributed by atoms with E-state index in [1.165, 1.54) is 4.90 Å². The van der Waals surface area contributed by atoms with Crippen LogP contribution in [0.2, 0.25) is 10.0 Å². The van der Waals surface area contributed by atoms with Crippen molar-refractivity contribution in [3.8, 4) is 0 Å². The lowest BCUT2D eigenvalue weighted by Crippen LogP contribution is -2.41. The molecule has 3 aromatic rings. The summed E-state index contributed by atoms with van der Waals surface area (Å²) >= 11 is 12.3. The summed E-state index contributed by atoms with van der Waals surface area (Å²) in [6.45, 7) is 1.85. The molecule has 0 radical (unpaired) electrons. The fourth-order valence-electron chi connectivity index (χ4n) is 3.52. The number of halogens is 2. The number of nitrogens with zero attached hydrogens (tertiary/aromatic N) is 1. The van der Waals surface area contributed by atoms with Crippen LogP contribution in [0.15, 0.2) is 60.7 Å². The maximum absolute atomic E-state index is 13.2. The topological polar surface area (TPSA) is 49.4 Å². The van der Waals surface area contributed by atoms with E-state index in [0.717, 1.165) is 16.3 Å². The van der Waals surface area contributed by atoms with Crippen LogP contribution in [-0.2, 0) is 16.9 Å². The summed E-state index contributed by atoms with van der Waals surface area (Å²) in [6, 6.07) is 18.2. The number of carbonyl (C=O) groups is 2. The smallest absolute Gasteiger partial charge is 0.319 e. The summed E-state index contributed by atoms with van der Waals surface area (Å²) < 4.78 is 0. The van der Waals surface area contributed by atoms with E-state index in [0.29, 0.717) is 15.6 Å². The number of rotatable bonds is 3. The van der Waals surface area contributed by atoms with Crippen molar-refractivity contribution in [2.75, 3.05) is 0 Å². The Morgan fingerprint density at radius 3 is 2.52 bits per heavy atom. The van der Waals surface area contributed by atoms with E-state index in [4.69, 9.17) is 23.2 Å². The monoisotopic (exact) mass is 398 g/mol. The average molecular weight is 399 g/mol. The Morgan fingerprint density at radius 2 is 1.74 bits per heavy atom. The first-order valence-electron chi connectivity index (χ1n) is 8.46. The largest absolute Gasteiger partial charge is 0.325 e. The van der Waals surface area contributed by atoms with E-state index >= 15 is 0 Å². The Labute approximate surface area is 166 Å². The number of hydrogen-bond donors (Lipinski definition) is 1. The minimum absolute atomic E-state index is 0.187. The van der Waals surface area contributed by atoms with Gasteiger partial charge in [-0.3, -0.25) is 9.69 Å². The molecule has 4 nitrogen and oxygen atoms in total. The molecule has 1 saturated heterocycles. The molecule has 6 heteroatoms. The van der Waals surface area contributed by atoms with Gasteiger partial charge in [-0.05, 0) is 35.4 Å². The lowest BCUT2D eigenvalue weighted by molar-refractivity contribution is -0.131. The zero-order chi connectivity index (χ0) is 19.2. The van der Waals surface area contributed by atoms with Crippen molar-refractivity contribution >= 4 is 45.9 Å². The standard InChI is InChI=1S/C21H16Cl2N2O2/c1-21(17-10-9-15(22)11-18(17)23)19(26)25(20(27)24-21)12-14-7-4-6-13-5-2-3-8-16(13)14/h2-11H,12H2,1H3,(H,24,27)/t21-/m0/s1. The van der Waals surface area contributed by atoms with Crippen LogP contribution in [0, 0.1) is 0 Å². The second kappa shape index (κ2) is 6.55. The van der Waals surface area contributed by atoms with Crippen molar-refractivity contribution in [3.05, 3.63) is 81.8 Å². The summed E-state index contributed by atoms with van der Waals surface area (Å²) in [5, 5.41) is 5.67. The molecule has 4 rings (SSSR count). The summed E-state index contributed by atoms with van der Waals surface area (Å²) in [4.78, 5) is 27.0. The molecular formula is C21H16Cl2N2O2. The van der Waals surface area contributed by atoms with Gasteiger partial charge in [0.05, 0.1) is 6.54 Å². The number of carbonyl (C=O) groups excluding carboxylic acids is 2. The second-order valence-corrected chi connectivity index (χ2v) is 7.55. The van der Waals surface area contributed by atoms with E-state index in [1.54, 1.807) is 25.1 Å². The van der Waals surface area contributed by atoms with Gasteiger partial charge in [-0.1, -0.05) is 71.7 Å². The van der Waals surface area contributed by atoms with E-state index in [1.807, 2.05) is 42.5 Å². The van der Waals surface area contributed by atoms with Gasteiger partial charge in [-0.2, -0.15) is 0 Å². The normalized spacial score (nSPS) is 19.6. The molecule has 0 unspecified atom stereocenters. The van der Waals surface area contributed by atoms with Crippen molar-refractivity contribution in [2.24, 2.45) is 0 Å². The number of nitrogens with one attached hydrogen (secondary N) is 1. The Bertz CT molecular complexity index is 1080. The van der Waals surface area contributed by atoms with Gasteiger partial charge >= 0.3 is 6.03 Å². The van der Waals surface area contributed by atoms with Gasteiger partial charge in [0.25, 0.3) is 5.91 Å². The molecule has 1 aliphatic heterocycles. The quantitative estimate of drug-likeness (QED) is 0.622. The summed E-state index contributed by atoms with van der Waals surface area (Å²) in [5.74, 6) is -0.343. The molecule has 0 spiro atoms. The molecule has 1 atom stereocenters. The molecule has 0 aromatic heterocycles. The minimum Gasteiger partial charge on any atom is -0.319 e. The highest BCUT2D eigenvalue weighted by Gasteiger charge is 2.49. The maximum atomic E-state index is 13.2. The Hall–Kier alpha value is -2.56. The van der Waals surface area contributed by atoms with E-state index in [9.17, 15) is 9.59 Å². The number of benzene rings is 3. The molecule has 1 N–H and O–H groups in total. The Balaban J connectivity index is 1.71. The lowest BCUT2D eigenvalue weighted by Gasteiger charge is -2.23. The van der Waals surface area contributed by atoms with Crippen LogP contribution in [0.25, 0.3) is 10.8 Å². The second-order valence-electron chi connectivity index (χ2n) is 6.71. The van der Waals surface area contributed by atoms with Crippen LogP contribution in [0.1, 0.15) is 18.1 Å². The molecular weight excluding hydrogens is 383 g/mol. The average Bonchev–Trinajstić information content (AvgIpc) is 2.85. The van der Waals surface area contributed by atoms with E-state index < -0.39 is 11.6 Å². The van der Waals surface area contributed by atoms with Crippen molar-refractivity contribution < 1.29 is 9.59 Å². The Morgan fingerprint density at radius 1 is 1.00 bits per heavy atom. The van der Waals surface area contributed by atoms with Crippen molar-refractivity contribution in [1.82, 2.24) is 10.2 Å². The molecule has 1 heterocycles.